The van der Waals surface area contributed by atoms with Crippen molar-refractivity contribution in [1.29, 1.82) is 0 Å². The lowest BCUT2D eigenvalue weighted by Gasteiger charge is -2.04. The number of rotatable bonds is 6. The van der Waals surface area contributed by atoms with Gasteiger partial charge in [0.05, 0.1) is 5.76 Å². The molecule has 0 rings (SSSR count). The highest BCUT2D eigenvalue weighted by Gasteiger charge is 1.89. The number of allylic oxidation sites excluding steroid dienone is 4. The molecule has 0 fully saturated rings. The summed E-state index contributed by atoms with van der Waals surface area (Å²) in [5.74, 6) is 0.364. The van der Waals surface area contributed by atoms with Crippen molar-refractivity contribution in [1.82, 2.24) is 3.11 Å². The Morgan fingerprint density at radius 2 is 2.15 bits per heavy atom. The number of nitrogens with zero attached hydrogens (tertiary/aromatic N) is 1. The van der Waals surface area contributed by atoms with Gasteiger partial charge < -0.3 is 5.11 Å². The van der Waals surface area contributed by atoms with Crippen LogP contribution in [-0.4, -0.2) is 21.8 Å². The topological polar surface area (TPSA) is 23.5 Å². The molecule has 0 aliphatic carbocycles. The molecular formula is C10H18INO. The van der Waals surface area contributed by atoms with Gasteiger partial charge in [-0.25, -0.2) is 0 Å². The van der Waals surface area contributed by atoms with E-state index in [9.17, 15) is 0 Å². The SMILES string of the molecule is C/C(O)=C/C=C/CCCCN(C)I. The van der Waals surface area contributed by atoms with Crippen LogP contribution >= 0.6 is 22.9 Å². The van der Waals surface area contributed by atoms with Gasteiger partial charge in [0.1, 0.15) is 0 Å². The summed E-state index contributed by atoms with van der Waals surface area (Å²) < 4.78 is 2.17. The van der Waals surface area contributed by atoms with Gasteiger partial charge in [0.15, 0.2) is 0 Å². The average molecular weight is 295 g/mol. The molecule has 0 aromatic heterocycles. The molecule has 0 aromatic rings. The van der Waals surface area contributed by atoms with Crippen LogP contribution in [0.1, 0.15) is 26.2 Å². The van der Waals surface area contributed by atoms with Crippen LogP contribution in [0.4, 0.5) is 0 Å². The fourth-order valence-corrected chi connectivity index (χ4v) is 1.24. The Labute approximate surface area is 94.8 Å². The Bertz CT molecular complexity index is 172. The summed E-state index contributed by atoms with van der Waals surface area (Å²) >= 11 is 2.29. The van der Waals surface area contributed by atoms with Crippen LogP contribution < -0.4 is 0 Å². The van der Waals surface area contributed by atoms with Crippen molar-refractivity contribution >= 4 is 22.9 Å². The van der Waals surface area contributed by atoms with Gasteiger partial charge >= 0.3 is 0 Å². The number of aliphatic hydroxyl groups excluding tert-OH is 1. The molecular weight excluding hydrogens is 277 g/mol. The summed E-state index contributed by atoms with van der Waals surface area (Å²) in [4.78, 5) is 0. The fraction of sp³-hybridized carbons (Fsp3) is 0.600. The molecule has 2 nitrogen and oxygen atoms in total. The Balaban J connectivity index is 3.26. The lowest BCUT2D eigenvalue weighted by Crippen LogP contribution is -2.04. The largest absolute Gasteiger partial charge is 0.513 e. The number of hydrogen-bond donors (Lipinski definition) is 1. The smallest absolute Gasteiger partial charge is 0.0891 e. The van der Waals surface area contributed by atoms with Crippen LogP contribution in [0.3, 0.4) is 0 Å². The van der Waals surface area contributed by atoms with Crippen LogP contribution in [0, 0.1) is 0 Å². The summed E-state index contributed by atoms with van der Waals surface area (Å²) in [6, 6.07) is 0. The second kappa shape index (κ2) is 8.56. The molecule has 0 saturated carbocycles. The zero-order chi connectivity index (χ0) is 10.1. The van der Waals surface area contributed by atoms with E-state index in [-0.39, 0.29) is 0 Å². The first-order valence-corrected chi connectivity index (χ1v) is 5.48. The molecule has 13 heavy (non-hydrogen) atoms. The highest BCUT2D eigenvalue weighted by Crippen LogP contribution is 2.01. The van der Waals surface area contributed by atoms with Crippen LogP contribution in [0.25, 0.3) is 0 Å². The van der Waals surface area contributed by atoms with E-state index < -0.39 is 0 Å². The minimum absolute atomic E-state index is 0.364. The van der Waals surface area contributed by atoms with Gasteiger partial charge in [-0.05, 0) is 39.3 Å². The Hall–Kier alpha value is -0.0300. The summed E-state index contributed by atoms with van der Waals surface area (Å²) in [5, 5.41) is 8.83. The van der Waals surface area contributed by atoms with Gasteiger partial charge in [0.2, 0.25) is 0 Å². The maximum Gasteiger partial charge on any atom is 0.0891 e. The zero-order valence-corrected chi connectivity index (χ0v) is 10.5. The summed E-state index contributed by atoms with van der Waals surface area (Å²) in [7, 11) is 2.08. The highest BCUT2D eigenvalue weighted by molar-refractivity contribution is 14.1. The molecule has 0 aliphatic rings. The minimum Gasteiger partial charge on any atom is -0.513 e. The minimum atomic E-state index is 0.364. The molecule has 0 unspecified atom stereocenters. The van der Waals surface area contributed by atoms with Gasteiger partial charge in [-0.3, -0.25) is 3.11 Å². The molecule has 0 aromatic carbocycles. The van der Waals surface area contributed by atoms with Crippen molar-refractivity contribution in [3.63, 3.8) is 0 Å². The third-order valence-electron chi connectivity index (χ3n) is 1.56. The van der Waals surface area contributed by atoms with Crippen molar-refractivity contribution in [2.45, 2.75) is 26.2 Å². The highest BCUT2D eigenvalue weighted by atomic mass is 127. The van der Waals surface area contributed by atoms with Crippen LogP contribution in [0.5, 0.6) is 0 Å². The standard InChI is InChI=1S/C10H18INO/c1-10(13)8-6-4-3-5-7-9-12(2)11/h4,6,8,13H,3,5,7,9H2,1-2H3/b6-4+,10-8-. The third kappa shape index (κ3) is 12.0. The van der Waals surface area contributed by atoms with E-state index in [1.54, 1.807) is 13.0 Å². The lowest BCUT2D eigenvalue weighted by atomic mass is 10.2. The fourth-order valence-electron chi connectivity index (χ4n) is 0.895. The maximum atomic E-state index is 8.83. The summed E-state index contributed by atoms with van der Waals surface area (Å²) in [6.45, 7) is 2.82. The quantitative estimate of drug-likeness (QED) is 0.267. The second-order valence-electron chi connectivity index (χ2n) is 3.06. The predicted octanol–water partition coefficient (Wildman–Crippen LogP) is 3.46. The van der Waals surface area contributed by atoms with Crippen molar-refractivity contribution in [2.24, 2.45) is 0 Å². The zero-order valence-electron chi connectivity index (χ0n) is 8.33. The lowest BCUT2D eigenvalue weighted by molar-refractivity contribution is 0.414. The van der Waals surface area contributed by atoms with E-state index >= 15 is 0 Å². The summed E-state index contributed by atoms with van der Waals surface area (Å²) in [6.07, 6.45) is 9.24. The number of halogens is 1. The number of unbranched alkanes of at least 4 members (excludes halogenated alkanes) is 2. The first-order valence-electron chi connectivity index (χ1n) is 4.52. The molecule has 0 aliphatic heterocycles. The van der Waals surface area contributed by atoms with E-state index in [4.69, 9.17) is 5.11 Å². The third-order valence-corrected chi connectivity index (χ3v) is 2.04. The molecule has 0 atom stereocenters. The molecule has 3 heteroatoms. The molecule has 0 saturated heterocycles. The van der Waals surface area contributed by atoms with Gasteiger partial charge in [-0.2, -0.15) is 0 Å². The second-order valence-corrected chi connectivity index (χ2v) is 4.71. The van der Waals surface area contributed by atoms with Crippen LogP contribution in [0.15, 0.2) is 24.0 Å². The Morgan fingerprint density at radius 1 is 1.46 bits per heavy atom. The van der Waals surface area contributed by atoms with E-state index in [1.165, 1.54) is 12.8 Å². The first-order chi connectivity index (χ1) is 6.13. The van der Waals surface area contributed by atoms with Gasteiger partial charge in [0, 0.05) is 29.4 Å². The predicted molar refractivity (Wildman–Crippen MR) is 66.0 cm³/mol. The number of hydrogen-bond acceptors (Lipinski definition) is 2. The number of aliphatic hydroxyl groups is 1. The van der Waals surface area contributed by atoms with Gasteiger partial charge in [-0.1, -0.05) is 12.2 Å². The van der Waals surface area contributed by atoms with Crippen molar-refractivity contribution < 1.29 is 5.11 Å². The maximum absolute atomic E-state index is 8.83. The monoisotopic (exact) mass is 295 g/mol. The van der Waals surface area contributed by atoms with E-state index in [2.05, 4.69) is 39.1 Å². The molecule has 0 spiro atoms. The van der Waals surface area contributed by atoms with Crippen LogP contribution in [0.2, 0.25) is 0 Å². The molecule has 0 heterocycles. The molecule has 0 amide bonds. The molecule has 0 radical (unpaired) electrons. The van der Waals surface area contributed by atoms with Gasteiger partial charge in [0.25, 0.3) is 0 Å². The molecule has 1 N–H and O–H groups in total. The molecule has 0 bridgehead atoms. The van der Waals surface area contributed by atoms with Gasteiger partial charge in [-0.15, -0.1) is 0 Å². The Morgan fingerprint density at radius 3 is 2.69 bits per heavy atom. The van der Waals surface area contributed by atoms with Crippen molar-refractivity contribution in [3.8, 4) is 0 Å². The van der Waals surface area contributed by atoms with Crippen molar-refractivity contribution in [2.75, 3.05) is 13.6 Å². The van der Waals surface area contributed by atoms with E-state index in [0.717, 1.165) is 13.0 Å². The normalized spacial score (nSPS) is 13.1. The first kappa shape index (κ1) is 13.0. The Kier molecular flexibility index (Phi) is 8.54. The van der Waals surface area contributed by atoms with E-state index in [0.29, 0.717) is 5.76 Å². The van der Waals surface area contributed by atoms with Crippen molar-refractivity contribution in [3.05, 3.63) is 24.0 Å². The van der Waals surface area contributed by atoms with E-state index in [1.807, 2.05) is 6.08 Å². The van der Waals surface area contributed by atoms with Crippen LogP contribution in [-0.2, 0) is 0 Å². The summed E-state index contributed by atoms with van der Waals surface area (Å²) in [5.41, 5.74) is 0. The molecule has 76 valence electrons. The average Bonchev–Trinajstić information content (AvgIpc) is 2.01.